The van der Waals surface area contributed by atoms with Gasteiger partial charge in [-0.2, -0.15) is 5.10 Å². The van der Waals surface area contributed by atoms with Gasteiger partial charge in [0.2, 0.25) is 0 Å². The Hall–Kier alpha value is -3.80. The van der Waals surface area contributed by atoms with Gasteiger partial charge in [0.15, 0.2) is 5.82 Å². The second-order valence-electron chi connectivity index (χ2n) is 8.85. The van der Waals surface area contributed by atoms with Crippen LogP contribution in [0.5, 0.6) is 0 Å². The molecule has 1 fully saturated rings. The van der Waals surface area contributed by atoms with Gasteiger partial charge >= 0.3 is 0 Å². The largest absolute Gasteiger partial charge is 0.365 e. The van der Waals surface area contributed by atoms with Gasteiger partial charge in [-0.05, 0) is 62.7 Å². The second kappa shape index (κ2) is 8.62. The molecule has 1 saturated heterocycles. The number of nitrogens with zero attached hydrogens (tertiary/aromatic N) is 5. The third kappa shape index (κ3) is 4.04. The van der Waals surface area contributed by atoms with E-state index in [0.29, 0.717) is 18.7 Å². The van der Waals surface area contributed by atoms with Gasteiger partial charge in [-0.3, -0.25) is 4.79 Å². The first kappa shape index (κ1) is 21.1. The average Bonchev–Trinajstić information content (AvgIpc) is 3.49. The van der Waals surface area contributed by atoms with E-state index in [9.17, 15) is 4.79 Å². The van der Waals surface area contributed by atoms with Gasteiger partial charge in [-0.15, -0.1) is 0 Å². The molecular weight excluding hydrogens is 410 g/mol. The Morgan fingerprint density at radius 1 is 0.909 bits per heavy atom. The minimum atomic E-state index is 0.0211. The molecule has 0 aliphatic carbocycles. The fraction of sp³-hybridized carbons (Fsp3) is 0.259. The maximum Gasteiger partial charge on any atom is 0.259 e. The highest BCUT2D eigenvalue weighted by Gasteiger charge is 2.30. The molecule has 0 bridgehead atoms. The molecule has 1 aliphatic rings. The van der Waals surface area contributed by atoms with E-state index >= 15 is 0 Å². The maximum absolute atomic E-state index is 13.7. The summed E-state index contributed by atoms with van der Waals surface area (Å²) in [5, 5.41) is 4.62. The molecule has 168 valence electrons. The van der Waals surface area contributed by atoms with Crippen molar-refractivity contribution >= 4 is 11.6 Å². The van der Waals surface area contributed by atoms with Crippen LogP contribution in [0.2, 0.25) is 0 Å². The number of piperazine rings is 1. The summed E-state index contributed by atoms with van der Waals surface area (Å²) < 4.78 is 3.81. The SMILES string of the molecule is Cc1ccc(-n2ncc(C(=O)N3CCN(c4cccc(C)c4)[C@H](C)C3)c2-n2cccc2)cc1. The number of carbonyl (C=O) groups is 1. The van der Waals surface area contributed by atoms with Gasteiger partial charge in [0.1, 0.15) is 5.56 Å². The van der Waals surface area contributed by atoms with Gasteiger partial charge in [0.05, 0.1) is 11.9 Å². The standard InChI is InChI=1S/C27H29N5O/c1-20-9-11-23(12-10-20)32-26(29-13-4-5-14-29)25(18-28-32)27(33)30-15-16-31(22(3)19-30)24-8-6-7-21(2)17-24/h4-14,17-18,22H,15-16,19H2,1-3H3/t22-/m1/s1. The van der Waals surface area contributed by atoms with Gasteiger partial charge in [-0.25, -0.2) is 4.68 Å². The molecule has 4 aromatic rings. The topological polar surface area (TPSA) is 46.3 Å². The van der Waals surface area contributed by atoms with Crippen molar-refractivity contribution in [3.05, 3.63) is 95.9 Å². The Morgan fingerprint density at radius 2 is 1.67 bits per heavy atom. The minimum absolute atomic E-state index is 0.0211. The number of amides is 1. The van der Waals surface area contributed by atoms with E-state index < -0.39 is 0 Å². The quantitative estimate of drug-likeness (QED) is 0.466. The van der Waals surface area contributed by atoms with Crippen molar-refractivity contribution in [1.29, 1.82) is 0 Å². The Bertz CT molecular complexity index is 1260. The first-order valence-electron chi connectivity index (χ1n) is 11.4. The van der Waals surface area contributed by atoms with Crippen molar-refractivity contribution in [1.82, 2.24) is 19.2 Å². The lowest BCUT2D eigenvalue weighted by Gasteiger charge is -2.41. The number of hydrogen-bond acceptors (Lipinski definition) is 3. The fourth-order valence-corrected chi connectivity index (χ4v) is 4.59. The predicted octanol–water partition coefficient (Wildman–Crippen LogP) is 4.63. The molecule has 2 aromatic carbocycles. The van der Waals surface area contributed by atoms with Crippen LogP contribution in [-0.2, 0) is 0 Å². The number of rotatable bonds is 4. The van der Waals surface area contributed by atoms with Crippen LogP contribution in [0, 0.1) is 13.8 Å². The molecule has 33 heavy (non-hydrogen) atoms. The molecule has 0 saturated carbocycles. The third-order valence-electron chi connectivity index (χ3n) is 6.35. The fourth-order valence-electron chi connectivity index (χ4n) is 4.59. The van der Waals surface area contributed by atoms with E-state index in [-0.39, 0.29) is 11.9 Å². The first-order chi connectivity index (χ1) is 16.0. The molecule has 6 nitrogen and oxygen atoms in total. The van der Waals surface area contributed by atoms with Crippen molar-refractivity contribution < 1.29 is 4.79 Å². The molecule has 6 heteroatoms. The highest BCUT2D eigenvalue weighted by atomic mass is 16.2. The normalized spacial score (nSPS) is 16.3. The average molecular weight is 440 g/mol. The van der Waals surface area contributed by atoms with Crippen molar-refractivity contribution in [2.45, 2.75) is 26.8 Å². The van der Waals surface area contributed by atoms with Crippen LogP contribution >= 0.6 is 0 Å². The van der Waals surface area contributed by atoms with E-state index in [1.807, 2.05) is 50.8 Å². The zero-order valence-corrected chi connectivity index (χ0v) is 19.3. The van der Waals surface area contributed by atoms with Crippen LogP contribution in [0.3, 0.4) is 0 Å². The molecular formula is C27H29N5O. The summed E-state index contributed by atoms with van der Waals surface area (Å²) in [4.78, 5) is 18.0. The maximum atomic E-state index is 13.7. The number of aryl methyl sites for hydroxylation is 2. The number of aromatic nitrogens is 3. The molecule has 5 rings (SSSR count). The summed E-state index contributed by atoms with van der Waals surface area (Å²) in [6.07, 6.45) is 5.61. The molecule has 3 heterocycles. The van der Waals surface area contributed by atoms with Crippen molar-refractivity contribution in [2.75, 3.05) is 24.5 Å². The Balaban J connectivity index is 1.44. The van der Waals surface area contributed by atoms with E-state index in [2.05, 4.69) is 67.2 Å². The smallest absolute Gasteiger partial charge is 0.259 e. The number of anilines is 1. The number of hydrogen-bond donors (Lipinski definition) is 0. The molecule has 0 radical (unpaired) electrons. The van der Waals surface area contributed by atoms with Gasteiger partial charge < -0.3 is 14.4 Å². The summed E-state index contributed by atoms with van der Waals surface area (Å²) >= 11 is 0. The Labute approximate surface area is 194 Å². The molecule has 1 amide bonds. The van der Waals surface area contributed by atoms with Crippen molar-refractivity contribution in [3.8, 4) is 11.5 Å². The van der Waals surface area contributed by atoms with Gasteiger partial charge in [0.25, 0.3) is 5.91 Å². The Kier molecular flexibility index (Phi) is 5.50. The summed E-state index contributed by atoms with van der Waals surface area (Å²) in [5.74, 6) is 0.787. The van der Waals surface area contributed by atoms with Crippen molar-refractivity contribution in [3.63, 3.8) is 0 Å². The van der Waals surface area contributed by atoms with Crippen LogP contribution in [0.25, 0.3) is 11.5 Å². The van der Waals surface area contributed by atoms with E-state index in [1.54, 1.807) is 6.20 Å². The highest BCUT2D eigenvalue weighted by molar-refractivity contribution is 5.97. The summed E-state index contributed by atoms with van der Waals surface area (Å²) in [7, 11) is 0. The molecule has 1 aliphatic heterocycles. The minimum Gasteiger partial charge on any atom is -0.365 e. The monoisotopic (exact) mass is 439 g/mol. The van der Waals surface area contributed by atoms with E-state index in [1.165, 1.54) is 16.8 Å². The van der Waals surface area contributed by atoms with Gasteiger partial charge in [-0.1, -0.05) is 29.8 Å². The van der Waals surface area contributed by atoms with Gasteiger partial charge in [0, 0.05) is 43.8 Å². The predicted molar refractivity (Wildman–Crippen MR) is 132 cm³/mol. The van der Waals surface area contributed by atoms with E-state index in [0.717, 1.165) is 18.1 Å². The molecule has 0 unspecified atom stereocenters. The lowest BCUT2D eigenvalue weighted by molar-refractivity contribution is 0.0726. The highest BCUT2D eigenvalue weighted by Crippen LogP contribution is 2.25. The van der Waals surface area contributed by atoms with E-state index in [4.69, 9.17) is 0 Å². The summed E-state index contributed by atoms with van der Waals surface area (Å²) in [5.41, 5.74) is 5.20. The van der Waals surface area contributed by atoms with Crippen LogP contribution in [0.15, 0.2) is 79.3 Å². The van der Waals surface area contributed by atoms with Crippen LogP contribution in [0.1, 0.15) is 28.4 Å². The molecule has 0 spiro atoms. The van der Waals surface area contributed by atoms with Crippen molar-refractivity contribution in [2.24, 2.45) is 0 Å². The third-order valence-corrected chi connectivity index (χ3v) is 6.35. The Morgan fingerprint density at radius 3 is 2.36 bits per heavy atom. The molecule has 1 atom stereocenters. The summed E-state index contributed by atoms with van der Waals surface area (Å²) in [6, 6.07) is 20.9. The number of carbonyl (C=O) groups excluding carboxylic acids is 1. The summed E-state index contributed by atoms with van der Waals surface area (Å²) in [6.45, 7) is 8.52. The zero-order chi connectivity index (χ0) is 22.9. The zero-order valence-electron chi connectivity index (χ0n) is 19.3. The lowest BCUT2D eigenvalue weighted by Crippen LogP contribution is -2.53. The second-order valence-corrected chi connectivity index (χ2v) is 8.85. The molecule has 2 aromatic heterocycles. The van der Waals surface area contributed by atoms with Crippen LogP contribution in [-0.4, -0.2) is 50.8 Å². The molecule has 0 N–H and O–H groups in total. The number of benzene rings is 2. The lowest BCUT2D eigenvalue weighted by atomic mass is 10.1. The van der Waals surface area contributed by atoms with Crippen LogP contribution in [0.4, 0.5) is 5.69 Å². The first-order valence-corrected chi connectivity index (χ1v) is 11.4. The van der Waals surface area contributed by atoms with Crippen LogP contribution < -0.4 is 4.90 Å².